The van der Waals surface area contributed by atoms with E-state index in [9.17, 15) is 9.90 Å². The molecule has 0 fully saturated rings. The molecule has 0 aromatic carbocycles. The number of anilines is 1. The Morgan fingerprint density at radius 2 is 2.12 bits per heavy atom. The zero-order valence-electron chi connectivity index (χ0n) is 10.1. The molecule has 0 aliphatic carbocycles. The highest BCUT2D eigenvalue weighted by molar-refractivity contribution is 5.84. The number of aromatic carboxylic acids is 1. The van der Waals surface area contributed by atoms with Crippen LogP contribution in [0.4, 0.5) is 5.82 Å². The first-order valence-electron chi connectivity index (χ1n) is 5.32. The SMILES string of the molecule is CC(CC(C)(C)O)Nc1cnc(C(=O)O)cn1. The van der Waals surface area contributed by atoms with Crippen molar-refractivity contribution in [1.29, 1.82) is 0 Å². The number of rotatable bonds is 5. The quantitative estimate of drug-likeness (QED) is 0.713. The Morgan fingerprint density at radius 1 is 1.47 bits per heavy atom. The lowest BCUT2D eigenvalue weighted by atomic mass is 10.0. The molecule has 1 atom stereocenters. The van der Waals surface area contributed by atoms with Crippen LogP contribution < -0.4 is 5.32 Å². The second-order valence-electron chi connectivity index (χ2n) is 4.65. The zero-order valence-corrected chi connectivity index (χ0v) is 10.1. The lowest BCUT2D eigenvalue weighted by molar-refractivity contribution is 0.0670. The van der Waals surface area contributed by atoms with Gasteiger partial charge in [0.05, 0.1) is 18.0 Å². The van der Waals surface area contributed by atoms with Gasteiger partial charge in [-0.2, -0.15) is 0 Å². The molecule has 1 rings (SSSR count). The van der Waals surface area contributed by atoms with E-state index in [4.69, 9.17) is 5.11 Å². The smallest absolute Gasteiger partial charge is 0.356 e. The number of carboxylic acid groups (broad SMARTS) is 1. The molecule has 1 aromatic heterocycles. The van der Waals surface area contributed by atoms with Gasteiger partial charge >= 0.3 is 5.97 Å². The molecule has 6 nitrogen and oxygen atoms in total. The molecule has 0 amide bonds. The van der Waals surface area contributed by atoms with Gasteiger partial charge in [0.1, 0.15) is 5.82 Å². The van der Waals surface area contributed by atoms with E-state index in [0.717, 1.165) is 0 Å². The third kappa shape index (κ3) is 4.78. The third-order valence-corrected chi connectivity index (χ3v) is 2.07. The van der Waals surface area contributed by atoms with Gasteiger partial charge in [-0.3, -0.25) is 0 Å². The monoisotopic (exact) mass is 239 g/mol. The highest BCUT2D eigenvalue weighted by Crippen LogP contribution is 2.13. The van der Waals surface area contributed by atoms with Crippen molar-refractivity contribution in [2.45, 2.75) is 38.8 Å². The fourth-order valence-corrected chi connectivity index (χ4v) is 1.57. The Balaban J connectivity index is 2.60. The van der Waals surface area contributed by atoms with Gasteiger partial charge in [0.2, 0.25) is 0 Å². The van der Waals surface area contributed by atoms with Crippen LogP contribution in [-0.2, 0) is 0 Å². The number of nitrogens with zero attached hydrogens (tertiary/aromatic N) is 2. The summed E-state index contributed by atoms with van der Waals surface area (Å²) >= 11 is 0. The molecule has 0 spiro atoms. The molecular formula is C11H17N3O3. The molecule has 17 heavy (non-hydrogen) atoms. The van der Waals surface area contributed by atoms with Gasteiger partial charge in [-0.05, 0) is 27.2 Å². The summed E-state index contributed by atoms with van der Waals surface area (Å²) in [5, 5.41) is 21.3. The van der Waals surface area contributed by atoms with Crippen molar-refractivity contribution in [3.8, 4) is 0 Å². The summed E-state index contributed by atoms with van der Waals surface area (Å²) in [6.45, 7) is 5.36. The van der Waals surface area contributed by atoms with E-state index in [1.807, 2.05) is 6.92 Å². The second kappa shape index (κ2) is 5.09. The number of aromatic nitrogens is 2. The average Bonchev–Trinajstić information content (AvgIpc) is 2.15. The summed E-state index contributed by atoms with van der Waals surface area (Å²) in [6.07, 6.45) is 3.11. The van der Waals surface area contributed by atoms with Gasteiger partial charge in [0.15, 0.2) is 5.69 Å². The van der Waals surface area contributed by atoms with E-state index in [2.05, 4.69) is 15.3 Å². The number of aliphatic hydroxyl groups is 1. The number of carbonyl (C=O) groups is 1. The molecule has 0 saturated carbocycles. The van der Waals surface area contributed by atoms with Crippen LogP contribution in [0.3, 0.4) is 0 Å². The minimum atomic E-state index is -1.10. The molecule has 6 heteroatoms. The first kappa shape index (κ1) is 13.4. The van der Waals surface area contributed by atoms with E-state index >= 15 is 0 Å². The van der Waals surface area contributed by atoms with Gasteiger partial charge in [0.25, 0.3) is 0 Å². The summed E-state index contributed by atoms with van der Waals surface area (Å²) in [4.78, 5) is 18.2. The van der Waals surface area contributed by atoms with Crippen LogP contribution >= 0.6 is 0 Å². The number of carboxylic acids is 1. The fourth-order valence-electron chi connectivity index (χ4n) is 1.57. The Kier molecular flexibility index (Phi) is 4.01. The van der Waals surface area contributed by atoms with E-state index in [1.165, 1.54) is 12.4 Å². The van der Waals surface area contributed by atoms with Crippen LogP contribution in [0.2, 0.25) is 0 Å². The van der Waals surface area contributed by atoms with Crippen molar-refractivity contribution in [3.63, 3.8) is 0 Å². The predicted octanol–water partition coefficient (Wildman–Crippen LogP) is 1.14. The van der Waals surface area contributed by atoms with Crippen LogP contribution in [0.15, 0.2) is 12.4 Å². The van der Waals surface area contributed by atoms with E-state index in [1.54, 1.807) is 13.8 Å². The minimum Gasteiger partial charge on any atom is -0.476 e. The molecule has 1 aromatic rings. The Bertz CT molecular complexity index is 384. The second-order valence-corrected chi connectivity index (χ2v) is 4.65. The molecule has 0 bridgehead atoms. The van der Waals surface area contributed by atoms with Crippen LogP contribution in [-0.4, -0.2) is 37.8 Å². The van der Waals surface area contributed by atoms with Gasteiger partial charge in [-0.25, -0.2) is 14.8 Å². The van der Waals surface area contributed by atoms with Crippen molar-refractivity contribution in [3.05, 3.63) is 18.1 Å². The Labute approximate surface area is 99.7 Å². The fraction of sp³-hybridized carbons (Fsp3) is 0.545. The number of hydrogen-bond donors (Lipinski definition) is 3. The summed E-state index contributed by atoms with van der Waals surface area (Å²) in [5.41, 5.74) is -0.855. The van der Waals surface area contributed by atoms with Crippen molar-refractivity contribution in [2.24, 2.45) is 0 Å². The molecule has 0 aliphatic rings. The topological polar surface area (TPSA) is 95.3 Å². The maximum absolute atomic E-state index is 10.6. The van der Waals surface area contributed by atoms with Crippen LogP contribution in [0.5, 0.6) is 0 Å². The first-order chi connectivity index (χ1) is 7.78. The van der Waals surface area contributed by atoms with Crippen molar-refractivity contribution >= 4 is 11.8 Å². The molecule has 1 heterocycles. The molecule has 3 N–H and O–H groups in total. The predicted molar refractivity (Wildman–Crippen MR) is 63.0 cm³/mol. The molecular weight excluding hydrogens is 222 g/mol. The van der Waals surface area contributed by atoms with Gasteiger partial charge in [0, 0.05) is 6.04 Å². The zero-order chi connectivity index (χ0) is 13.1. The van der Waals surface area contributed by atoms with Crippen molar-refractivity contribution in [2.75, 3.05) is 5.32 Å². The van der Waals surface area contributed by atoms with Crippen LogP contribution in [0, 0.1) is 0 Å². The number of nitrogens with one attached hydrogen (secondary N) is 1. The average molecular weight is 239 g/mol. The third-order valence-electron chi connectivity index (χ3n) is 2.07. The van der Waals surface area contributed by atoms with Gasteiger partial charge < -0.3 is 15.5 Å². The Morgan fingerprint density at radius 3 is 2.53 bits per heavy atom. The number of hydrogen-bond acceptors (Lipinski definition) is 5. The van der Waals surface area contributed by atoms with Crippen molar-refractivity contribution in [1.82, 2.24) is 9.97 Å². The van der Waals surface area contributed by atoms with Crippen LogP contribution in [0.25, 0.3) is 0 Å². The maximum Gasteiger partial charge on any atom is 0.356 e. The lowest BCUT2D eigenvalue weighted by Crippen LogP contribution is -2.29. The largest absolute Gasteiger partial charge is 0.476 e. The normalized spacial score (nSPS) is 13.2. The summed E-state index contributed by atoms with van der Waals surface area (Å²) < 4.78 is 0. The lowest BCUT2D eigenvalue weighted by Gasteiger charge is -2.23. The summed E-state index contributed by atoms with van der Waals surface area (Å²) in [5.74, 6) is -0.611. The summed E-state index contributed by atoms with van der Waals surface area (Å²) in [7, 11) is 0. The first-order valence-corrected chi connectivity index (χ1v) is 5.32. The molecule has 0 radical (unpaired) electrons. The Hall–Kier alpha value is -1.69. The summed E-state index contributed by atoms with van der Waals surface area (Å²) in [6, 6.07) is 0.0139. The van der Waals surface area contributed by atoms with Gasteiger partial charge in [-0.15, -0.1) is 0 Å². The molecule has 0 aliphatic heterocycles. The standard InChI is InChI=1S/C11H17N3O3/c1-7(4-11(2,3)17)14-9-6-12-8(5-13-9)10(15)16/h5-7,17H,4H2,1-3H3,(H,13,14)(H,15,16). The van der Waals surface area contributed by atoms with Crippen LogP contribution in [0.1, 0.15) is 37.7 Å². The minimum absolute atomic E-state index is 0.0139. The highest BCUT2D eigenvalue weighted by atomic mass is 16.4. The van der Waals surface area contributed by atoms with Crippen molar-refractivity contribution < 1.29 is 15.0 Å². The van der Waals surface area contributed by atoms with Gasteiger partial charge in [-0.1, -0.05) is 0 Å². The highest BCUT2D eigenvalue weighted by Gasteiger charge is 2.17. The molecule has 94 valence electrons. The van der Waals surface area contributed by atoms with E-state index in [-0.39, 0.29) is 11.7 Å². The maximum atomic E-state index is 10.6. The van der Waals surface area contributed by atoms with E-state index < -0.39 is 11.6 Å². The molecule has 0 saturated heterocycles. The molecule has 1 unspecified atom stereocenters. The van der Waals surface area contributed by atoms with E-state index in [0.29, 0.717) is 12.2 Å².